The van der Waals surface area contributed by atoms with Crippen molar-refractivity contribution in [3.63, 3.8) is 0 Å². The molecule has 1 aliphatic rings. The number of pyridine rings is 1. The largest absolute Gasteiger partial charge is 0.336 e. The van der Waals surface area contributed by atoms with E-state index in [-0.39, 0.29) is 0 Å². The number of hydrogen-bond donors (Lipinski definition) is 1. The number of H-pyrrole nitrogens is 1. The Hall–Kier alpha value is -1.45. The number of rotatable bonds is 1. The molecule has 3 heterocycles. The molecule has 1 saturated heterocycles. The van der Waals surface area contributed by atoms with Crippen molar-refractivity contribution in [2.75, 3.05) is 11.5 Å². The first-order valence-corrected chi connectivity index (χ1v) is 7.56. The number of nitrogens with zero attached hydrogens (tertiary/aromatic N) is 3. The summed E-state index contributed by atoms with van der Waals surface area (Å²) in [7, 11) is 0. The van der Waals surface area contributed by atoms with Crippen LogP contribution >= 0.6 is 23.5 Å². The summed E-state index contributed by atoms with van der Waals surface area (Å²) in [6.45, 7) is 0. The van der Waals surface area contributed by atoms with Crippen LogP contribution in [0.3, 0.4) is 0 Å². The summed E-state index contributed by atoms with van der Waals surface area (Å²) in [6, 6.07) is 6.04. The molecule has 0 amide bonds. The monoisotopic (exact) mass is 274 g/mol. The van der Waals surface area contributed by atoms with Crippen molar-refractivity contribution in [2.24, 2.45) is 0 Å². The zero-order valence-electron chi connectivity index (χ0n) is 9.51. The molecule has 1 fully saturated rings. The Morgan fingerprint density at radius 3 is 2.94 bits per heavy atom. The van der Waals surface area contributed by atoms with Crippen molar-refractivity contribution in [2.45, 2.75) is 6.42 Å². The van der Waals surface area contributed by atoms with E-state index >= 15 is 0 Å². The van der Waals surface area contributed by atoms with E-state index in [9.17, 15) is 5.26 Å². The second-order valence-electron chi connectivity index (χ2n) is 3.78. The topological polar surface area (TPSA) is 65.4 Å². The van der Waals surface area contributed by atoms with Crippen LogP contribution in [0.1, 0.15) is 12.2 Å². The van der Waals surface area contributed by atoms with Gasteiger partial charge in [-0.15, -0.1) is 23.5 Å². The molecule has 0 aromatic carbocycles. The number of aromatic amines is 1. The maximum atomic E-state index is 9.34. The SMILES string of the molecule is N#CC(=C1SCCCS1)c1nc2ncccc2[nH]1. The Balaban J connectivity index is 2.08. The van der Waals surface area contributed by atoms with E-state index in [2.05, 4.69) is 21.0 Å². The molecule has 1 aliphatic heterocycles. The molecule has 3 rings (SSSR count). The summed E-state index contributed by atoms with van der Waals surface area (Å²) < 4.78 is 1.07. The zero-order valence-corrected chi connectivity index (χ0v) is 11.1. The number of thioether (sulfide) groups is 2. The summed E-state index contributed by atoms with van der Waals surface area (Å²) >= 11 is 3.48. The maximum Gasteiger partial charge on any atom is 0.178 e. The summed E-state index contributed by atoms with van der Waals surface area (Å²) in [6.07, 6.45) is 2.90. The third-order valence-corrected chi connectivity index (χ3v) is 5.19. The van der Waals surface area contributed by atoms with Gasteiger partial charge in [0.25, 0.3) is 0 Å². The quantitative estimate of drug-likeness (QED) is 0.810. The van der Waals surface area contributed by atoms with E-state index in [0.717, 1.165) is 21.3 Å². The molecule has 2 aromatic rings. The highest BCUT2D eigenvalue weighted by molar-refractivity contribution is 8.23. The molecule has 0 saturated carbocycles. The van der Waals surface area contributed by atoms with Crippen LogP contribution in [-0.2, 0) is 0 Å². The second kappa shape index (κ2) is 5.04. The first-order valence-electron chi connectivity index (χ1n) is 5.59. The van der Waals surface area contributed by atoms with Crippen LogP contribution < -0.4 is 0 Å². The highest BCUT2D eigenvalue weighted by atomic mass is 32.2. The van der Waals surface area contributed by atoms with Crippen molar-refractivity contribution in [1.82, 2.24) is 15.0 Å². The molecule has 4 nitrogen and oxygen atoms in total. The average Bonchev–Trinajstić information content (AvgIpc) is 2.84. The van der Waals surface area contributed by atoms with E-state index in [1.54, 1.807) is 29.7 Å². The van der Waals surface area contributed by atoms with Crippen LogP contribution in [0.5, 0.6) is 0 Å². The molecule has 18 heavy (non-hydrogen) atoms. The maximum absolute atomic E-state index is 9.34. The van der Waals surface area contributed by atoms with Crippen LogP contribution in [-0.4, -0.2) is 26.5 Å². The second-order valence-corrected chi connectivity index (χ2v) is 6.25. The summed E-state index contributed by atoms with van der Waals surface area (Å²) in [5, 5.41) is 9.34. The van der Waals surface area contributed by atoms with Gasteiger partial charge in [-0.05, 0) is 30.1 Å². The normalized spacial score (nSPS) is 15.6. The van der Waals surface area contributed by atoms with Crippen LogP contribution in [0.2, 0.25) is 0 Å². The number of allylic oxidation sites excluding steroid dienone is 1. The first-order chi connectivity index (χ1) is 8.88. The van der Waals surface area contributed by atoms with Crippen LogP contribution in [0.15, 0.2) is 22.6 Å². The standard InChI is InChI=1S/C12H10N4S2/c13-7-8(12-17-5-2-6-18-12)10-15-9-3-1-4-14-11(9)16-10/h1,3-4H,2,5-6H2,(H,14,15,16). The predicted octanol–water partition coefficient (Wildman–Crippen LogP) is 3.02. The van der Waals surface area contributed by atoms with Crippen molar-refractivity contribution >= 4 is 40.3 Å². The van der Waals surface area contributed by atoms with Gasteiger partial charge < -0.3 is 4.98 Å². The van der Waals surface area contributed by atoms with E-state index < -0.39 is 0 Å². The Bertz CT molecular complexity index is 612. The molecule has 90 valence electrons. The van der Waals surface area contributed by atoms with Crippen molar-refractivity contribution < 1.29 is 0 Å². The van der Waals surface area contributed by atoms with E-state index in [1.807, 2.05) is 12.1 Å². The summed E-state index contributed by atoms with van der Waals surface area (Å²) in [5.41, 5.74) is 2.17. The van der Waals surface area contributed by atoms with Gasteiger partial charge in [0.1, 0.15) is 11.6 Å². The number of nitrogens with one attached hydrogen (secondary N) is 1. The number of fused-ring (bicyclic) bond motifs is 1. The number of nitriles is 1. The van der Waals surface area contributed by atoms with Crippen LogP contribution in [0, 0.1) is 11.3 Å². The minimum Gasteiger partial charge on any atom is -0.336 e. The van der Waals surface area contributed by atoms with Gasteiger partial charge in [-0.2, -0.15) is 5.26 Å². The smallest absolute Gasteiger partial charge is 0.178 e. The number of aromatic nitrogens is 3. The fraction of sp³-hybridized carbons (Fsp3) is 0.250. The van der Waals surface area contributed by atoms with Gasteiger partial charge in [0.15, 0.2) is 11.5 Å². The van der Waals surface area contributed by atoms with E-state index in [4.69, 9.17) is 0 Å². The van der Waals surface area contributed by atoms with Gasteiger partial charge in [0.05, 0.1) is 9.75 Å². The van der Waals surface area contributed by atoms with Crippen molar-refractivity contribution in [3.8, 4) is 6.07 Å². The van der Waals surface area contributed by atoms with Crippen LogP contribution in [0.25, 0.3) is 16.7 Å². The van der Waals surface area contributed by atoms with Gasteiger partial charge in [-0.25, -0.2) is 9.97 Å². The highest BCUT2D eigenvalue weighted by Gasteiger charge is 2.17. The van der Waals surface area contributed by atoms with Gasteiger partial charge >= 0.3 is 0 Å². The lowest BCUT2D eigenvalue weighted by Gasteiger charge is -2.13. The summed E-state index contributed by atoms with van der Waals surface area (Å²) in [5.74, 6) is 2.78. The molecule has 6 heteroatoms. The van der Waals surface area contributed by atoms with Gasteiger partial charge in [-0.3, -0.25) is 0 Å². The summed E-state index contributed by atoms with van der Waals surface area (Å²) in [4.78, 5) is 11.7. The molecule has 0 spiro atoms. The minimum absolute atomic E-state index is 0.628. The zero-order chi connectivity index (χ0) is 12.4. The third kappa shape index (κ3) is 2.11. The van der Waals surface area contributed by atoms with E-state index in [1.165, 1.54) is 6.42 Å². The Labute approximate surface area is 113 Å². The highest BCUT2D eigenvalue weighted by Crippen LogP contribution is 2.39. The Kier molecular flexibility index (Phi) is 3.26. The van der Waals surface area contributed by atoms with Crippen molar-refractivity contribution in [3.05, 3.63) is 28.4 Å². The molecular formula is C12H10N4S2. The molecule has 0 bridgehead atoms. The molecule has 0 atom stereocenters. The third-order valence-electron chi connectivity index (χ3n) is 2.57. The molecule has 0 unspecified atom stereocenters. The van der Waals surface area contributed by atoms with Gasteiger partial charge in [0.2, 0.25) is 0 Å². The molecule has 2 aromatic heterocycles. The fourth-order valence-electron chi connectivity index (χ4n) is 1.73. The lowest BCUT2D eigenvalue weighted by Crippen LogP contribution is -1.96. The molecular weight excluding hydrogens is 264 g/mol. The lowest BCUT2D eigenvalue weighted by atomic mass is 10.3. The molecule has 0 radical (unpaired) electrons. The van der Waals surface area contributed by atoms with Crippen molar-refractivity contribution in [1.29, 1.82) is 5.26 Å². The molecule has 0 aliphatic carbocycles. The average molecular weight is 274 g/mol. The predicted molar refractivity (Wildman–Crippen MR) is 76.0 cm³/mol. The van der Waals surface area contributed by atoms with Crippen LogP contribution in [0.4, 0.5) is 0 Å². The van der Waals surface area contributed by atoms with E-state index in [0.29, 0.717) is 17.0 Å². The molecule has 1 N–H and O–H groups in total. The Morgan fingerprint density at radius 1 is 1.39 bits per heavy atom. The first kappa shape index (κ1) is 11.6. The minimum atomic E-state index is 0.628. The number of imidazole rings is 1. The Morgan fingerprint density at radius 2 is 2.22 bits per heavy atom. The lowest BCUT2D eigenvalue weighted by molar-refractivity contribution is 1.12. The fourth-order valence-corrected chi connectivity index (χ4v) is 4.27. The van der Waals surface area contributed by atoms with Gasteiger partial charge in [0, 0.05) is 6.20 Å². The van der Waals surface area contributed by atoms with Gasteiger partial charge in [-0.1, -0.05) is 0 Å². The number of hydrogen-bond acceptors (Lipinski definition) is 5.